The van der Waals surface area contributed by atoms with Gasteiger partial charge in [0.15, 0.2) is 5.82 Å². The third kappa shape index (κ3) is 2.98. The monoisotopic (exact) mass is 305 g/mol. The van der Waals surface area contributed by atoms with Crippen LogP contribution in [0.15, 0.2) is 0 Å². The molecule has 22 heavy (non-hydrogen) atoms. The maximum Gasteiger partial charge on any atom is 0.242 e. The van der Waals surface area contributed by atoms with E-state index in [0.29, 0.717) is 0 Å². The van der Waals surface area contributed by atoms with Gasteiger partial charge in [-0.15, -0.1) is 10.2 Å². The summed E-state index contributed by atoms with van der Waals surface area (Å²) >= 11 is 0. The summed E-state index contributed by atoms with van der Waals surface area (Å²) in [7, 11) is 0. The summed E-state index contributed by atoms with van der Waals surface area (Å²) in [6, 6.07) is 0.000563. The van der Waals surface area contributed by atoms with Crippen LogP contribution in [-0.4, -0.2) is 44.6 Å². The lowest BCUT2D eigenvalue weighted by Gasteiger charge is -2.24. The van der Waals surface area contributed by atoms with Gasteiger partial charge in [0.1, 0.15) is 5.82 Å². The molecule has 120 valence electrons. The molecule has 1 fully saturated rings. The van der Waals surface area contributed by atoms with Crippen molar-refractivity contribution < 1.29 is 9.59 Å². The summed E-state index contributed by atoms with van der Waals surface area (Å²) in [5.74, 6) is 1.75. The molecule has 1 aromatic heterocycles. The van der Waals surface area contributed by atoms with Gasteiger partial charge in [0.25, 0.3) is 0 Å². The molecule has 0 radical (unpaired) electrons. The minimum Gasteiger partial charge on any atom is -0.347 e. The zero-order valence-electron chi connectivity index (χ0n) is 13.0. The Balaban J connectivity index is 1.77. The molecule has 7 nitrogen and oxygen atoms in total. The average Bonchev–Trinajstić information content (AvgIpc) is 3.05. The molecule has 3 rings (SSSR count). The van der Waals surface area contributed by atoms with Crippen molar-refractivity contribution in [3.63, 3.8) is 0 Å². The predicted molar refractivity (Wildman–Crippen MR) is 79.9 cm³/mol. The number of nitrogens with one attached hydrogen (secondary N) is 1. The summed E-state index contributed by atoms with van der Waals surface area (Å²) in [6.07, 6.45) is 6.39. The molecule has 1 N–H and O–H groups in total. The number of aromatic nitrogens is 3. The van der Waals surface area contributed by atoms with Gasteiger partial charge >= 0.3 is 0 Å². The van der Waals surface area contributed by atoms with Crippen molar-refractivity contribution >= 4 is 11.8 Å². The first-order valence-electron chi connectivity index (χ1n) is 8.12. The number of hydrogen-bond donors (Lipinski definition) is 1. The molecule has 2 aliphatic heterocycles. The van der Waals surface area contributed by atoms with Gasteiger partial charge in [-0.1, -0.05) is 6.42 Å². The van der Waals surface area contributed by atoms with E-state index in [4.69, 9.17) is 0 Å². The number of carbonyl (C=O) groups excluding carboxylic acids is 2. The highest BCUT2D eigenvalue weighted by atomic mass is 16.2. The highest BCUT2D eigenvalue weighted by Crippen LogP contribution is 2.32. The molecule has 2 amide bonds. The van der Waals surface area contributed by atoms with Crippen LogP contribution in [0.25, 0.3) is 0 Å². The van der Waals surface area contributed by atoms with Gasteiger partial charge < -0.3 is 14.8 Å². The molecule has 0 bridgehead atoms. The summed E-state index contributed by atoms with van der Waals surface area (Å²) in [5, 5.41) is 11.3. The van der Waals surface area contributed by atoms with Gasteiger partial charge in [0.05, 0.1) is 12.6 Å². The molecule has 1 saturated heterocycles. The zero-order chi connectivity index (χ0) is 15.5. The highest BCUT2D eigenvalue weighted by Gasteiger charge is 2.34. The van der Waals surface area contributed by atoms with Crippen molar-refractivity contribution in [2.45, 2.75) is 58.0 Å². The second kappa shape index (κ2) is 6.46. The van der Waals surface area contributed by atoms with Crippen molar-refractivity contribution in [3.05, 3.63) is 11.6 Å². The van der Waals surface area contributed by atoms with E-state index in [1.165, 1.54) is 13.3 Å². The lowest BCUT2D eigenvalue weighted by atomic mass is 10.2. The van der Waals surface area contributed by atoms with Crippen LogP contribution in [0.3, 0.4) is 0 Å². The Hall–Kier alpha value is -1.92. The Morgan fingerprint density at radius 2 is 2.05 bits per heavy atom. The minimum atomic E-state index is -0.180. The highest BCUT2D eigenvalue weighted by molar-refractivity contribution is 5.84. The van der Waals surface area contributed by atoms with Crippen LogP contribution in [0.1, 0.15) is 56.7 Å². The van der Waals surface area contributed by atoms with E-state index in [-0.39, 0.29) is 24.4 Å². The van der Waals surface area contributed by atoms with Gasteiger partial charge in [-0.25, -0.2) is 0 Å². The molecule has 1 aromatic rings. The van der Waals surface area contributed by atoms with E-state index in [1.54, 1.807) is 0 Å². The molecule has 1 atom stereocenters. The lowest BCUT2D eigenvalue weighted by molar-refractivity contribution is -0.133. The van der Waals surface area contributed by atoms with E-state index in [2.05, 4.69) is 20.1 Å². The first-order valence-corrected chi connectivity index (χ1v) is 8.12. The normalized spacial score (nSPS) is 21.3. The molecule has 7 heteroatoms. The SMILES string of the molecule is CC(=O)NCC(=O)N1CCC[C@@H]1c1nnc2n1CCCCC2. The van der Waals surface area contributed by atoms with E-state index < -0.39 is 0 Å². The average molecular weight is 305 g/mol. The Bertz CT molecular complexity index is 568. The molecule has 0 aromatic carbocycles. The second-order valence-corrected chi connectivity index (χ2v) is 6.09. The molecular formula is C15H23N5O2. The summed E-state index contributed by atoms with van der Waals surface area (Å²) in [4.78, 5) is 25.2. The van der Waals surface area contributed by atoms with Gasteiger partial charge in [-0.3, -0.25) is 9.59 Å². The van der Waals surface area contributed by atoms with Crippen LogP contribution in [0, 0.1) is 0 Å². The number of aryl methyl sites for hydroxylation is 1. The molecular weight excluding hydrogens is 282 g/mol. The third-order valence-electron chi connectivity index (χ3n) is 4.50. The van der Waals surface area contributed by atoms with E-state index >= 15 is 0 Å². The van der Waals surface area contributed by atoms with Crippen molar-refractivity contribution in [2.75, 3.05) is 13.1 Å². The summed E-state index contributed by atoms with van der Waals surface area (Å²) < 4.78 is 2.21. The van der Waals surface area contributed by atoms with Crippen LogP contribution in [-0.2, 0) is 22.6 Å². The van der Waals surface area contributed by atoms with Crippen LogP contribution >= 0.6 is 0 Å². The van der Waals surface area contributed by atoms with Crippen LogP contribution in [0.5, 0.6) is 0 Å². The number of fused-ring (bicyclic) bond motifs is 1. The Labute approximate surface area is 130 Å². The fraction of sp³-hybridized carbons (Fsp3) is 0.733. The molecule has 0 unspecified atom stereocenters. The van der Waals surface area contributed by atoms with Crippen molar-refractivity contribution in [1.29, 1.82) is 0 Å². The van der Waals surface area contributed by atoms with Crippen LogP contribution in [0.2, 0.25) is 0 Å². The van der Waals surface area contributed by atoms with Crippen molar-refractivity contribution in [2.24, 2.45) is 0 Å². The fourth-order valence-electron chi connectivity index (χ4n) is 3.39. The minimum absolute atomic E-state index is 0.000563. The molecule has 0 aliphatic carbocycles. The standard InChI is InChI=1S/C15H23N5O2/c1-11(21)16-10-14(22)19-9-5-6-12(19)15-18-17-13-7-3-2-4-8-20(13)15/h12H,2-10H2,1H3,(H,16,21)/t12-/m1/s1. The van der Waals surface area contributed by atoms with Gasteiger partial charge in [0, 0.05) is 26.4 Å². The fourth-order valence-corrected chi connectivity index (χ4v) is 3.39. The first-order chi connectivity index (χ1) is 10.7. The first kappa shape index (κ1) is 15.0. The maximum absolute atomic E-state index is 12.3. The van der Waals surface area contributed by atoms with Crippen LogP contribution in [0.4, 0.5) is 0 Å². The topological polar surface area (TPSA) is 80.1 Å². The number of rotatable bonds is 3. The summed E-state index contributed by atoms with van der Waals surface area (Å²) in [6.45, 7) is 3.16. The predicted octanol–water partition coefficient (Wildman–Crippen LogP) is 0.804. The number of amides is 2. The van der Waals surface area contributed by atoms with Crippen molar-refractivity contribution in [1.82, 2.24) is 25.0 Å². The number of nitrogens with zero attached hydrogens (tertiary/aromatic N) is 4. The Morgan fingerprint density at radius 3 is 2.86 bits per heavy atom. The molecule has 0 saturated carbocycles. The van der Waals surface area contributed by atoms with Gasteiger partial charge in [0.2, 0.25) is 11.8 Å². The zero-order valence-corrected chi connectivity index (χ0v) is 13.0. The smallest absolute Gasteiger partial charge is 0.242 e. The van der Waals surface area contributed by atoms with Gasteiger partial charge in [-0.2, -0.15) is 0 Å². The summed E-state index contributed by atoms with van der Waals surface area (Å²) in [5.41, 5.74) is 0. The van der Waals surface area contributed by atoms with E-state index in [9.17, 15) is 9.59 Å². The molecule has 3 heterocycles. The Morgan fingerprint density at radius 1 is 1.18 bits per heavy atom. The third-order valence-corrected chi connectivity index (χ3v) is 4.50. The lowest BCUT2D eigenvalue weighted by Crippen LogP contribution is -2.39. The number of likely N-dealkylation sites (tertiary alicyclic amines) is 1. The maximum atomic E-state index is 12.3. The van der Waals surface area contributed by atoms with Crippen molar-refractivity contribution in [3.8, 4) is 0 Å². The van der Waals surface area contributed by atoms with Gasteiger partial charge in [-0.05, 0) is 25.7 Å². The second-order valence-electron chi connectivity index (χ2n) is 6.09. The quantitative estimate of drug-likeness (QED) is 0.896. The van der Waals surface area contributed by atoms with E-state index in [1.807, 2.05) is 4.90 Å². The van der Waals surface area contributed by atoms with Crippen LogP contribution < -0.4 is 5.32 Å². The number of hydrogen-bond acceptors (Lipinski definition) is 4. The molecule has 0 spiro atoms. The van der Waals surface area contributed by atoms with E-state index in [0.717, 1.165) is 56.8 Å². The Kier molecular flexibility index (Phi) is 4.40. The largest absolute Gasteiger partial charge is 0.347 e. The number of carbonyl (C=O) groups is 2. The molecule has 2 aliphatic rings.